The molecule has 6 rings (SSSR count). The number of para-hydroxylation sites is 1. The fraction of sp³-hybridized carbons (Fsp3) is 0.250. The Morgan fingerprint density at radius 1 is 0.943 bits per heavy atom. The highest BCUT2D eigenvalue weighted by Crippen LogP contribution is 2.33. The van der Waals surface area contributed by atoms with Gasteiger partial charge < -0.3 is 26.2 Å². The first-order valence-electron chi connectivity index (χ1n) is 16.6. The Morgan fingerprint density at radius 2 is 1.68 bits per heavy atom. The second-order valence-electron chi connectivity index (χ2n) is 12.3. The van der Waals surface area contributed by atoms with E-state index in [0.717, 1.165) is 10.5 Å². The van der Waals surface area contributed by atoms with E-state index in [4.69, 9.17) is 10.5 Å². The summed E-state index contributed by atoms with van der Waals surface area (Å²) < 4.78 is 31.3. The van der Waals surface area contributed by atoms with Gasteiger partial charge in [0.05, 0.1) is 29.2 Å². The van der Waals surface area contributed by atoms with E-state index in [-0.39, 0.29) is 72.4 Å². The number of nitrogens with one attached hydrogen (secondary N) is 3. The molecular weight excluding hydrogens is 707 g/mol. The largest absolute Gasteiger partial charge is 0.507 e. The topological polar surface area (TPSA) is 240 Å². The van der Waals surface area contributed by atoms with Gasteiger partial charge in [-0.05, 0) is 48.4 Å². The lowest BCUT2D eigenvalue weighted by molar-refractivity contribution is -0.136. The van der Waals surface area contributed by atoms with Crippen LogP contribution in [0.25, 0.3) is 11.3 Å². The van der Waals surface area contributed by atoms with Gasteiger partial charge in [-0.15, -0.1) is 10.2 Å². The molecule has 1 atom stereocenters. The maximum absolute atomic E-state index is 13.2. The van der Waals surface area contributed by atoms with Crippen LogP contribution in [0.3, 0.4) is 0 Å². The highest BCUT2D eigenvalue weighted by molar-refractivity contribution is 7.91. The number of sulfone groups is 1. The van der Waals surface area contributed by atoms with Gasteiger partial charge in [-0.25, -0.2) is 8.42 Å². The molecule has 5 amide bonds. The summed E-state index contributed by atoms with van der Waals surface area (Å²) in [4.78, 5) is 63.7. The van der Waals surface area contributed by atoms with Crippen LogP contribution in [0.2, 0.25) is 0 Å². The maximum Gasteiger partial charge on any atom is 0.264 e. The van der Waals surface area contributed by atoms with Crippen LogP contribution < -0.4 is 26.4 Å². The monoisotopic (exact) mass is 741 g/mol. The zero-order valence-corrected chi connectivity index (χ0v) is 29.0. The van der Waals surface area contributed by atoms with Gasteiger partial charge in [0.15, 0.2) is 21.4 Å². The lowest BCUT2D eigenvalue weighted by atomic mass is 10.0. The Bertz CT molecular complexity index is 2210. The second-order valence-corrected chi connectivity index (χ2v) is 14.6. The first-order chi connectivity index (χ1) is 25.4. The molecule has 0 spiro atoms. The predicted octanol–water partition coefficient (Wildman–Crippen LogP) is 1.71. The predicted molar refractivity (Wildman–Crippen MR) is 192 cm³/mol. The number of hydrogen-bond acceptors (Lipinski definition) is 13. The summed E-state index contributed by atoms with van der Waals surface area (Å²) in [6, 6.07) is 18.4. The highest BCUT2D eigenvalue weighted by Gasteiger charge is 2.45. The highest BCUT2D eigenvalue weighted by atomic mass is 32.2. The lowest BCUT2D eigenvalue weighted by Gasteiger charge is -2.27. The van der Waals surface area contributed by atoms with E-state index < -0.39 is 45.4 Å². The number of imide groups is 2. The molecule has 274 valence electrons. The van der Waals surface area contributed by atoms with Crippen molar-refractivity contribution >= 4 is 50.9 Å². The zero-order valence-electron chi connectivity index (χ0n) is 28.2. The number of carbonyl (C=O) groups excluding carboxylic acids is 5. The quantitative estimate of drug-likeness (QED) is 0.116. The van der Waals surface area contributed by atoms with Crippen LogP contribution in [0.4, 0.5) is 11.5 Å². The van der Waals surface area contributed by atoms with Crippen LogP contribution in [0.5, 0.6) is 11.5 Å². The molecule has 6 N–H and O–H groups in total. The number of anilines is 2. The first-order valence-corrected chi connectivity index (χ1v) is 18.4. The number of aromatic hydroxyl groups is 1. The van der Waals surface area contributed by atoms with Gasteiger partial charge in [0.25, 0.3) is 17.7 Å². The lowest BCUT2D eigenvalue weighted by Crippen LogP contribution is -2.54. The second kappa shape index (κ2) is 15.5. The van der Waals surface area contributed by atoms with Crippen molar-refractivity contribution in [2.24, 2.45) is 0 Å². The van der Waals surface area contributed by atoms with Crippen LogP contribution in [0.15, 0.2) is 72.8 Å². The van der Waals surface area contributed by atoms with Crippen molar-refractivity contribution in [3.05, 3.63) is 95.1 Å². The number of piperidine rings is 1. The van der Waals surface area contributed by atoms with Crippen molar-refractivity contribution in [1.29, 1.82) is 0 Å². The van der Waals surface area contributed by atoms with E-state index in [2.05, 4.69) is 26.1 Å². The third-order valence-corrected chi connectivity index (χ3v) is 10.4. The summed E-state index contributed by atoms with van der Waals surface area (Å²) in [5.74, 6) is -3.22. The molecule has 2 aliphatic rings. The molecule has 3 aromatic carbocycles. The summed E-state index contributed by atoms with van der Waals surface area (Å²) in [5, 5.41) is 25.7. The molecule has 1 aromatic heterocycles. The SMILES string of the molecule is Nc1nnc(-c2ccccc2O)cc1OCCc1ccc(C(=O)NCCS(=O)(=O)CCNc2cccc3c2C(=O)N(C2CCC(=O)NC2=O)C3=O)cc1. The zero-order chi connectivity index (χ0) is 37.7. The number of carbonyl (C=O) groups is 5. The van der Waals surface area contributed by atoms with Gasteiger partial charge in [0.2, 0.25) is 11.8 Å². The van der Waals surface area contributed by atoms with Crippen LogP contribution in [-0.2, 0) is 25.8 Å². The van der Waals surface area contributed by atoms with E-state index in [9.17, 15) is 37.5 Å². The number of fused-ring (bicyclic) bond motifs is 1. The Morgan fingerprint density at radius 3 is 2.43 bits per heavy atom. The van der Waals surface area contributed by atoms with E-state index in [1.165, 1.54) is 24.3 Å². The molecule has 3 heterocycles. The molecule has 0 radical (unpaired) electrons. The van der Waals surface area contributed by atoms with Crippen LogP contribution in [0, 0.1) is 0 Å². The number of phenolic OH excluding ortho intramolecular Hbond substituents is 1. The number of rotatable bonds is 14. The van der Waals surface area contributed by atoms with Crippen LogP contribution in [0.1, 0.15) is 49.5 Å². The Labute approximate surface area is 303 Å². The van der Waals surface area contributed by atoms with Gasteiger partial charge in [0, 0.05) is 48.8 Å². The molecule has 0 bridgehead atoms. The van der Waals surface area contributed by atoms with Gasteiger partial charge in [-0.1, -0.05) is 30.3 Å². The number of nitrogen functional groups attached to an aromatic ring is 1. The fourth-order valence-corrected chi connectivity index (χ4v) is 6.98. The molecule has 53 heavy (non-hydrogen) atoms. The molecule has 1 saturated heterocycles. The number of aromatic nitrogens is 2. The van der Waals surface area contributed by atoms with Gasteiger partial charge in [-0.2, -0.15) is 0 Å². The minimum atomic E-state index is -3.64. The van der Waals surface area contributed by atoms with Crippen molar-refractivity contribution in [1.82, 2.24) is 25.7 Å². The Balaban J connectivity index is 0.947. The molecular formula is C36H35N7O9S. The number of nitrogens with two attached hydrogens (primary N) is 1. The van der Waals surface area contributed by atoms with Crippen LogP contribution in [-0.4, -0.2) is 95.4 Å². The summed E-state index contributed by atoms with van der Waals surface area (Å²) in [6.07, 6.45) is 0.488. The summed E-state index contributed by atoms with van der Waals surface area (Å²) in [7, 11) is -3.64. The fourth-order valence-electron chi connectivity index (χ4n) is 5.95. The maximum atomic E-state index is 13.2. The minimum Gasteiger partial charge on any atom is -0.507 e. The van der Waals surface area contributed by atoms with E-state index >= 15 is 0 Å². The Kier molecular flexibility index (Phi) is 10.6. The Hall–Kier alpha value is -6.36. The summed E-state index contributed by atoms with van der Waals surface area (Å²) >= 11 is 0. The molecule has 16 nitrogen and oxygen atoms in total. The normalized spacial score (nSPS) is 15.5. The average molecular weight is 742 g/mol. The average Bonchev–Trinajstić information content (AvgIpc) is 3.38. The number of benzene rings is 3. The van der Waals surface area contributed by atoms with E-state index in [0.29, 0.717) is 29.0 Å². The van der Waals surface area contributed by atoms with Crippen LogP contribution >= 0.6 is 0 Å². The molecule has 1 unspecified atom stereocenters. The molecule has 4 aromatic rings. The van der Waals surface area contributed by atoms with Crippen molar-refractivity contribution in [2.45, 2.75) is 25.3 Å². The summed E-state index contributed by atoms with van der Waals surface area (Å²) in [5.41, 5.74) is 8.37. The first kappa shape index (κ1) is 36.4. The van der Waals surface area contributed by atoms with Gasteiger partial charge in [-0.3, -0.25) is 34.2 Å². The van der Waals surface area contributed by atoms with Crippen molar-refractivity contribution < 1.29 is 42.2 Å². The molecule has 0 aliphatic carbocycles. The molecule has 0 saturated carbocycles. The molecule has 1 fully saturated rings. The number of amides is 5. The number of hydrogen-bond donors (Lipinski definition) is 5. The van der Waals surface area contributed by atoms with Crippen molar-refractivity contribution in [3.63, 3.8) is 0 Å². The summed E-state index contributed by atoms with van der Waals surface area (Å²) in [6.45, 7) is 0.0335. The minimum absolute atomic E-state index is 0.00986. The number of ether oxygens (including phenoxy) is 1. The number of nitrogens with zero attached hydrogens (tertiary/aromatic N) is 3. The standard InChI is InChI=1S/C36H35N7O9S/c37-32-29(20-26(41-42-32)23-4-1-2-7-28(23)44)52-17-14-21-8-10-22(11-9-21)33(46)39-16-19-53(50,51)18-15-38-25-6-3-5-24-31(25)36(49)43(35(24)48)27-12-13-30(45)40-34(27)47/h1-11,20,27,38,44H,12-19H2,(H2,37,42)(H,39,46)(H,40,45,47). The van der Waals surface area contributed by atoms with E-state index in [1.54, 1.807) is 48.5 Å². The van der Waals surface area contributed by atoms with Crippen molar-refractivity contribution in [3.8, 4) is 22.8 Å². The molecule has 17 heteroatoms. The molecule has 2 aliphatic heterocycles. The smallest absolute Gasteiger partial charge is 0.264 e. The van der Waals surface area contributed by atoms with Crippen molar-refractivity contribution in [2.75, 3.05) is 42.3 Å². The third-order valence-electron chi connectivity index (χ3n) is 8.73. The van der Waals surface area contributed by atoms with E-state index in [1.807, 2.05) is 0 Å². The van der Waals surface area contributed by atoms with Gasteiger partial charge in [0.1, 0.15) is 17.5 Å². The van der Waals surface area contributed by atoms with Gasteiger partial charge >= 0.3 is 0 Å². The third kappa shape index (κ3) is 8.25. The number of phenols is 1.